The Bertz CT molecular complexity index is 1000. The fourth-order valence-electron chi connectivity index (χ4n) is 2.92. The maximum atomic E-state index is 12.7. The Hall–Kier alpha value is -3.12. The molecule has 0 aliphatic carbocycles. The van der Waals surface area contributed by atoms with Gasteiger partial charge in [-0.3, -0.25) is 9.59 Å². The minimum atomic E-state index is -0.264. The lowest BCUT2D eigenvalue weighted by Crippen LogP contribution is -2.14. The minimum Gasteiger partial charge on any atom is -0.493 e. The lowest BCUT2D eigenvalue weighted by atomic mass is 10.1. The van der Waals surface area contributed by atoms with E-state index in [2.05, 4.69) is 26.6 Å². The predicted molar refractivity (Wildman–Crippen MR) is 123 cm³/mol. The zero-order valence-electron chi connectivity index (χ0n) is 16.7. The molecule has 0 unspecified atom stereocenters. The van der Waals surface area contributed by atoms with Crippen molar-refractivity contribution in [2.45, 2.75) is 19.8 Å². The molecule has 2 N–H and O–H groups in total. The average molecular weight is 467 g/mol. The third-order valence-corrected chi connectivity index (χ3v) is 4.89. The highest BCUT2D eigenvalue weighted by Crippen LogP contribution is 2.25. The van der Waals surface area contributed by atoms with E-state index in [1.165, 1.54) is 0 Å². The number of nitrogens with one attached hydrogen (secondary N) is 2. The zero-order valence-corrected chi connectivity index (χ0v) is 18.2. The summed E-state index contributed by atoms with van der Waals surface area (Å²) in [5.41, 5.74) is 2.89. The first-order valence-electron chi connectivity index (χ1n) is 9.72. The monoisotopic (exact) mass is 466 g/mol. The van der Waals surface area contributed by atoms with Gasteiger partial charge in [-0.05, 0) is 61.4 Å². The summed E-state index contributed by atoms with van der Waals surface area (Å²) in [6.45, 7) is 2.34. The Morgan fingerprint density at radius 1 is 0.900 bits per heavy atom. The van der Waals surface area contributed by atoms with Crippen LogP contribution in [0, 0.1) is 0 Å². The van der Waals surface area contributed by atoms with Gasteiger partial charge in [0.15, 0.2) is 0 Å². The lowest BCUT2D eigenvalue weighted by Gasteiger charge is -2.12. The number of amides is 2. The quantitative estimate of drug-likeness (QED) is 0.449. The first-order valence-corrected chi connectivity index (χ1v) is 10.5. The molecule has 0 aromatic heterocycles. The predicted octanol–water partition coefficient (Wildman–Crippen LogP) is 5.67. The molecule has 0 heterocycles. The van der Waals surface area contributed by atoms with Crippen LogP contribution in [0.5, 0.6) is 5.75 Å². The normalized spacial score (nSPS) is 10.3. The number of aryl methyl sites for hydroxylation is 1. The van der Waals surface area contributed by atoms with Crippen LogP contribution >= 0.6 is 15.9 Å². The maximum Gasteiger partial charge on any atom is 0.259 e. The molecule has 3 rings (SSSR count). The van der Waals surface area contributed by atoms with Gasteiger partial charge < -0.3 is 15.4 Å². The van der Waals surface area contributed by atoms with Gasteiger partial charge in [-0.2, -0.15) is 0 Å². The minimum absolute atomic E-state index is 0.0499. The van der Waals surface area contributed by atoms with E-state index in [0.29, 0.717) is 42.1 Å². The summed E-state index contributed by atoms with van der Waals surface area (Å²) in [5, 5.41) is 5.74. The molecule has 0 atom stereocenters. The van der Waals surface area contributed by atoms with E-state index in [9.17, 15) is 9.59 Å². The van der Waals surface area contributed by atoms with Gasteiger partial charge in [-0.1, -0.05) is 46.3 Å². The van der Waals surface area contributed by atoms with Gasteiger partial charge >= 0.3 is 0 Å². The van der Waals surface area contributed by atoms with Crippen molar-refractivity contribution in [3.8, 4) is 5.75 Å². The van der Waals surface area contributed by atoms with Crippen LogP contribution in [-0.2, 0) is 11.2 Å². The van der Waals surface area contributed by atoms with E-state index in [-0.39, 0.29) is 11.8 Å². The molecular weight excluding hydrogens is 444 g/mol. The molecule has 0 bridgehead atoms. The van der Waals surface area contributed by atoms with Gasteiger partial charge in [-0.15, -0.1) is 0 Å². The number of benzene rings is 3. The number of anilines is 2. The Labute approximate surface area is 184 Å². The number of halogens is 1. The van der Waals surface area contributed by atoms with Gasteiger partial charge in [0, 0.05) is 22.3 Å². The van der Waals surface area contributed by atoms with Gasteiger partial charge in [0.25, 0.3) is 5.91 Å². The summed E-state index contributed by atoms with van der Waals surface area (Å²) in [6.07, 6.45) is 1.10. The molecular formula is C24H23BrN2O3. The van der Waals surface area contributed by atoms with E-state index < -0.39 is 0 Å². The second-order valence-corrected chi connectivity index (χ2v) is 7.55. The van der Waals surface area contributed by atoms with Crippen molar-refractivity contribution in [3.05, 3.63) is 88.4 Å². The summed E-state index contributed by atoms with van der Waals surface area (Å²) in [4.78, 5) is 24.8. The highest BCUT2D eigenvalue weighted by Gasteiger charge is 2.13. The summed E-state index contributed by atoms with van der Waals surface area (Å²) < 4.78 is 6.34. The summed E-state index contributed by atoms with van der Waals surface area (Å²) >= 11 is 3.39. The highest BCUT2D eigenvalue weighted by molar-refractivity contribution is 9.10. The Balaban J connectivity index is 1.57. The van der Waals surface area contributed by atoms with E-state index in [1.807, 2.05) is 43.3 Å². The van der Waals surface area contributed by atoms with Gasteiger partial charge in [0.05, 0.1) is 12.2 Å². The number of rotatable bonds is 8. The SMILES string of the molecule is CCOc1ccc(Br)cc1C(=O)Nc1ccc(NC(=O)CCc2ccccc2)cc1. The number of carbonyl (C=O) groups excluding carboxylic acids is 2. The van der Waals surface area contributed by atoms with Crippen LogP contribution in [0.25, 0.3) is 0 Å². The Morgan fingerprint density at radius 3 is 2.23 bits per heavy atom. The van der Waals surface area contributed by atoms with Crippen molar-refractivity contribution >= 4 is 39.1 Å². The van der Waals surface area contributed by atoms with Crippen molar-refractivity contribution < 1.29 is 14.3 Å². The van der Waals surface area contributed by atoms with Crippen LogP contribution < -0.4 is 15.4 Å². The number of hydrogen-bond donors (Lipinski definition) is 2. The third-order valence-electron chi connectivity index (χ3n) is 4.40. The van der Waals surface area contributed by atoms with Crippen molar-refractivity contribution in [1.29, 1.82) is 0 Å². The fourth-order valence-corrected chi connectivity index (χ4v) is 3.28. The number of ether oxygens (including phenoxy) is 1. The number of carbonyl (C=O) groups is 2. The molecule has 3 aromatic rings. The van der Waals surface area contributed by atoms with Crippen LogP contribution in [0.3, 0.4) is 0 Å². The fraction of sp³-hybridized carbons (Fsp3) is 0.167. The Kier molecular flexibility index (Phi) is 7.63. The van der Waals surface area contributed by atoms with E-state index in [4.69, 9.17) is 4.74 Å². The highest BCUT2D eigenvalue weighted by atomic mass is 79.9. The van der Waals surface area contributed by atoms with E-state index >= 15 is 0 Å². The molecule has 0 aliphatic rings. The van der Waals surface area contributed by atoms with Crippen LogP contribution in [0.4, 0.5) is 11.4 Å². The molecule has 0 radical (unpaired) electrons. The summed E-state index contributed by atoms with van der Waals surface area (Å²) in [7, 11) is 0. The Morgan fingerprint density at radius 2 is 1.57 bits per heavy atom. The lowest BCUT2D eigenvalue weighted by molar-refractivity contribution is -0.116. The van der Waals surface area contributed by atoms with Gasteiger partial charge in [-0.25, -0.2) is 0 Å². The van der Waals surface area contributed by atoms with Crippen LogP contribution in [0.2, 0.25) is 0 Å². The topological polar surface area (TPSA) is 67.4 Å². The van der Waals surface area contributed by atoms with Crippen molar-refractivity contribution in [1.82, 2.24) is 0 Å². The second kappa shape index (κ2) is 10.6. The van der Waals surface area contributed by atoms with E-state index in [0.717, 1.165) is 10.0 Å². The van der Waals surface area contributed by atoms with Crippen LogP contribution in [0.1, 0.15) is 29.3 Å². The average Bonchev–Trinajstić information content (AvgIpc) is 2.76. The second-order valence-electron chi connectivity index (χ2n) is 6.64. The van der Waals surface area contributed by atoms with Crippen molar-refractivity contribution in [2.75, 3.05) is 17.2 Å². The molecule has 154 valence electrons. The van der Waals surface area contributed by atoms with Crippen molar-refractivity contribution in [3.63, 3.8) is 0 Å². The van der Waals surface area contributed by atoms with E-state index in [1.54, 1.807) is 36.4 Å². The molecule has 0 saturated carbocycles. The standard InChI is InChI=1S/C24H23BrN2O3/c1-2-30-22-14-9-18(25)16-21(22)24(29)27-20-12-10-19(11-13-20)26-23(28)15-8-17-6-4-3-5-7-17/h3-7,9-14,16H,2,8,15H2,1H3,(H,26,28)(H,27,29). The zero-order chi connectivity index (χ0) is 21.3. The first kappa shape index (κ1) is 21.6. The molecule has 0 fully saturated rings. The molecule has 5 nitrogen and oxygen atoms in total. The number of hydrogen-bond acceptors (Lipinski definition) is 3. The largest absolute Gasteiger partial charge is 0.493 e. The summed E-state index contributed by atoms with van der Waals surface area (Å²) in [6, 6.07) is 22.2. The summed E-state index contributed by atoms with van der Waals surface area (Å²) in [5.74, 6) is 0.214. The molecule has 2 amide bonds. The van der Waals surface area contributed by atoms with Crippen molar-refractivity contribution in [2.24, 2.45) is 0 Å². The molecule has 6 heteroatoms. The third kappa shape index (κ3) is 6.19. The van der Waals surface area contributed by atoms with Crippen LogP contribution in [0.15, 0.2) is 77.3 Å². The molecule has 0 spiro atoms. The van der Waals surface area contributed by atoms with Gasteiger partial charge in [0.1, 0.15) is 5.75 Å². The molecule has 0 saturated heterocycles. The van der Waals surface area contributed by atoms with Crippen LogP contribution in [-0.4, -0.2) is 18.4 Å². The van der Waals surface area contributed by atoms with Gasteiger partial charge in [0.2, 0.25) is 5.91 Å². The molecule has 30 heavy (non-hydrogen) atoms. The first-order chi connectivity index (χ1) is 14.5. The smallest absolute Gasteiger partial charge is 0.259 e. The molecule has 0 aliphatic heterocycles. The maximum absolute atomic E-state index is 12.7. The molecule has 3 aromatic carbocycles.